The van der Waals surface area contributed by atoms with E-state index in [4.69, 9.17) is 10.5 Å². The highest BCUT2D eigenvalue weighted by molar-refractivity contribution is 5.88. The van der Waals surface area contributed by atoms with Gasteiger partial charge in [-0.1, -0.05) is 19.9 Å². The quantitative estimate of drug-likeness (QED) is 0.533. The third-order valence-corrected chi connectivity index (χ3v) is 2.31. The van der Waals surface area contributed by atoms with Crippen molar-refractivity contribution in [3.63, 3.8) is 0 Å². The molecule has 0 saturated carbocycles. The van der Waals surface area contributed by atoms with Crippen LogP contribution in [-0.4, -0.2) is 32.2 Å². The Labute approximate surface area is 102 Å². The van der Waals surface area contributed by atoms with Crippen LogP contribution in [0, 0.1) is 5.92 Å². The average Bonchev–Trinajstić information content (AvgIpc) is 2.35. The van der Waals surface area contributed by atoms with Crippen LogP contribution < -0.4 is 5.73 Å². The minimum atomic E-state index is -0.352. The van der Waals surface area contributed by atoms with Gasteiger partial charge in [0.05, 0.1) is 13.0 Å². The molecule has 0 saturated heterocycles. The molecule has 1 unspecified atom stereocenters. The van der Waals surface area contributed by atoms with Crippen molar-refractivity contribution < 1.29 is 19.1 Å². The van der Waals surface area contributed by atoms with Crippen LogP contribution in [0.25, 0.3) is 0 Å². The normalized spacial score (nSPS) is 13.1. The van der Waals surface area contributed by atoms with E-state index in [0.717, 1.165) is 0 Å². The Morgan fingerprint density at radius 1 is 1.41 bits per heavy atom. The Morgan fingerprint density at radius 3 is 2.53 bits per heavy atom. The topological polar surface area (TPSA) is 78.6 Å². The van der Waals surface area contributed by atoms with Crippen LogP contribution in [0.2, 0.25) is 0 Å². The van der Waals surface area contributed by atoms with E-state index in [0.29, 0.717) is 25.0 Å². The highest BCUT2D eigenvalue weighted by Crippen LogP contribution is 2.11. The molecule has 0 heterocycles. The van der Waals surface area contributed by atoms with Crippen molar-refractivity contribution in [2.45, 2.75) is 26.7 Å². The van der Waals surface area contributed by atoms with Crippen LogP contribution in [0.15, 0.2) is 11.6 Å². The Morgan fingerprint density at radius 2 is 2.06 bits per heavy atom. The van der Waals surface area contributed by atoms with Gasteiger partial charge in [-0.3, -0.25) is 4.79 Å². The summed E-state index contributed by atoms with van der Waals surface area (Å²) >= 11 is 0. The van der Waals surface area contributed by atoms with E-state index in [-0.39, 0.29) is 24.5 Å². The number of carbonyl (C=O) groups excluding carboxylic acids is 2. The van der Waals surface area contributed by atoms with Crippen LogP contribution in [0.5, 0.6) is 0 Å². The predicted octanol–water partition coefficient (Wildman–Crippen LogP) is 1.02. The molecule has 0 aromatic heterocycles. The molecule has 0 aliphatic heterocycles. The van der Waals surface area contributed by atoms with Crippen molar-refractivity contribution >= 4 is 11.9 Å². The number of rotatable bonds is 7. The van der Waals surface area contributed by atoms with Crippen LogP contribution in [0.3, 0.4) is 0 Å². The Bertz CT molecular complexity index is 286. The Hall–Kier alpha value is -1.36. The third-order valence-electron chi connectivity index (χ3n) is 2.31. The number of nitrogens with two attached hydrogens (primary N) is 1. The molecule has 5 nitrogen and oxygen atoms in total. The smallest absolute Gasteiger partial charge is 0.333 e. The largest absolute Gasteiger partial charge is 0.466 e. The van der Waals surface area contributed by atoms with Crippen LogP contribution in [0.4, 0.5) is 0 Å². The second-order valence-corrected chi connectivity index (χ2v) is 3.67. The van der Waals surface area contributed by atoms with E-state index in [1.807, 2.05) is 6.92 Å². The molecule has 0 spiro atoms. The summed E-state index contributed by atoms with van der Waals surface area (Å²) < 4.78 is 9.52. The van der Waals surface area contributed by atoms with Gasteiger partial charge in [0.25, 0.3) is 0 Å². The Balaban J connectivity index is 4.27. The molecule has 0 bridgehead atoms. The SMILES string of the molecule is CC/C(=C\CC(C)C(=O)OCCN)C(=O)OC. The third kappa shape index (κ3) is 6.06. The number of ether oxygens (including phenoxy) is 2. The lowest BCUT2D eigenvalue weighted by molar-refractivity contribution is -0.147. The summed E-state index contributed by atoms with van der Waals surface area (Å²) in [6.07, 6.45) is 2.76. The lowest BCUT2D eigenvalue weighted by Crippen LogP contribution is -2.19. The number of hydrogen-bond donors (Lipinski definition) is 1. The minimum absolute atomic E-state index is 0.227. The second-order valence-electron chi connectivity index (χ2n) is 3.67. The van der Waals surface area contributed by atoms with Crippen molar-refractivity contribution in [1.29, 1.82) is 0 Å². The van der Waals surface area contributed by atoms with Crippen molar-refractivity contribution in [2.75, 3.05) is 20.3 Å². The minimum Gasteiger partial charge on any atom is -0.466 e. The number of hydrogen-bond acceptors (Lipinski definition) is 5. The summed E-state index contributed by atoms with van der Waals surface area (Å²) in [6.45, 7) is 4.15. The van der Waals surface area contributed by atoms with Gasteiger partial charge < -0.3 is 15.2 Å². The predicted molar refractivity (Wildman–Crippen MR) is 64.2 cm³/mol. The molecule has 5 heteroatoms. The van der Waals surface area contributed by atoms with E-state index in [9.17, 15) is 9.59 Å². The average molecular weight is 243 g/mol. The van der Waals surface area contributed by atoms with E-state index < -0.39 is 0 Å². The molecule has 0 radical (unpaired) electrons. The molecular formula is C12H21NO4. The molecule has 0 aromatic carbocycles. The van der Waals surface area contributed by atoms with Gasteiger partial charge in [0.1, 0.15) is 6.61 Å². The fourth-order valence-corrected chi connectivity index (χ4v) is 1.22. The summed E-state index contributed by atoms with van der Waals surface area (Å²) in [7, 11) is 1.34. The maximum atomic E-state index is 11.4. The highest BCUT2D eigenvalue weighted by Gasteiger charge is 2.14. The zero-order chi connectivity index (χ0) is 13.3. The van der Waals surface area contributed by atoms with Gasteiger partial charge >= 0.3 is 11.9 Å². The number of esters is 2. The summed E-state index contributed by atoms with van der Waals surface area (Å²) in [5.74, 6) is -0.935. The molecule has 2 N–H and O–H groups in total. The van der Waals surface area contributed by atoms with E-state index >= 15 is 0 Å². The van der Waals surface area contributed by atoms with Gasteiger partial charge in [-0.25, -0.2) is 4.79 Å². The molecular weight excluding hydrogens is 222 g/mol. The molecule has 0 fully saturated rings. The zero-order valence-electron chi connectivity index (χ0n) is 10.7. The standard InChI is InChI=1S/C12H21NO4/c1-4-10(12(15)16-3)6-5-9(2)11(14)17-8-7-13/h6,9H,4-5,7-8,13H2,1-3H3/b10-6+. The highest BCUT2D eigenvalue weighted by atomic mass is 16.5. The van der Waals surface area contributed by atoms with E-state index in [1.165, 1.54) is 7.11 Å². The molecule has 0 aliphatic rings. The van der Waals surface area contributed by atoms with Crippen molar-refractivity contribution in [3.05, 3.63) is 11.6 Å². The van der Waals surface area contributed by atoms with Gasteiger partial charge in [0.2, 0.25) is 0 Å². The number of carbonyl (C=O) groups is 2. The number of methoxy groups -OCH3 is 1. The van der Waals surface area contributed by atoms with Gasteiger partial charge in [0.15, 0.2) is 0 Å². The molecule has 17 heavy (non-hydrogen) atoms. The lowest BCUT2D eigenvalue weighted by atomic mass is 10.0. The maximum Gasteiger partial charge on any atom is 0.333 e. The van der Waals surface area contributed by atoms with Crippen LogP contribution >= 0.6 is 0 Å². The van der Waals surface area contributed by atoms with E-state index in [2.05, 4.69) is 4.74 Å². The fraction of sp³-hybridized carbons (Fsp3) is 0.667. The van der Waals surface area contributed by atoms with Gasteiger partial charge in [-0.05, 0) is 12.8 Å². The maximum absolute atomic E-state index is 11.4. The molecule has 1 atom stereocenters. The first kappa shape index (κ1) is 15.6. The first-order valence-corrected chi connectivity index (χ1v) is 5.70. The first-order chi connectivity index (χ1) is 8.06. The fourth-order valence-electron chi connectivity index (χ4n) is 1.22. The molecule has 0 aromatic rings. The van der Waals surface area contributed by atoms with Crippen molar-refractivity contribution in [1.82, 2.24) is 0 Å². The van der Waals surface area contributed by atoms with Gasteiger partial charge in [0, 0.05) is 12.1 Å². The number of allylic oxidation sites excluding steroid dienone is 1. The zero-order valence-corrected chi connectivity index (χ0v) is 10.7. The Kier molecular flexibility index (Phi) is 8.05. The second kappa shape index (κ2) is 8.75. The van der Waals surface area contributed by atoms with Crippen LogP contribution in [-0.2, 0) is 19.1 Å². The summed E-state index contributed by atoms with van der Waals surface area (Å²) in [5, 5.41) is 0. The summed E-state index contributed by atoms with van der Waals surface area (Å²) in [4.78, 5) is 22.7. The van der Waals surface area contributed by atoms with Crippen molar-refractivity contribution in [2.24, 2.45) is 11.7 Å². The molecule has 98 valence electrons. The van der Waals surface area contributed by atoms with Gasteiger partial charge in [-0.2, -0.15) is 0 Å². The lowest BCUT2D eigenvalue weighted by Gasteiger charge is -2.09. The molecule has 0 aliphatic carbocycles. The summed E-state index contributed by atoms with van der Waals surface area (Å²) in [6, 6.07) is 0. The van der Waals surface area contributed by atoms with Crippen LogP contribution in [0.1, 0.15) is 26.7 Å². The monoisotopic (exact) mass is 243 g/mol. The van der Waals surface area contributed by atoms with E-state index in [1.54, 1.807) is 13.0 Å². The summed E-state index contributed by atoms with van der Waals surface area (Å²) in [5.41, 5.74) is 5.80. The molecule has 0 rings (SSSR count). The van der Waals surface area contributed by atoms with Crippen molar-refractivity contribution in [3.8, 4) is 0 Å². The molecule has 0 amide bonds. The van der Waals surface area contributed by atoms with Gasteiger partial charge in [-0.15, -0.1) is 0 Å². The first-order valence-electron chi connectivity index (χ1n) is 5.70.